The van der Waals surface area contributed by atoms with E-state index in [-0.39, 0.29) is 0 Å². The summed E-state index contributed by atoms with van der Waals surface area (Å²) in [6, 6.07) is 3.22. The van der Waals surface area contributed by atoms with Gasteiger partial charge < -0.3 is 18.9 Å². The van der Waals surface area contributed by atoms with Crippen molar-refractivity contribution in [3.63, 3.8) is 0 Å². The molecule has 112 valence electrons. The Kier molecular flexibility index (Phi) is 6.87. The molecule has 0 saturated heterocycles. The Morgan fingerprint density at radius 2 is 1.70 bits per heavy atom. The van der Waals surface area contributed by atoms with Crippen LogP contribution in [0.5, 0.6) is 17.2 Å². The van der Waals surface area contributed by atoms with Gasteiger partial charge in [-0.05, 0) is 18.1 Å². The van der Waals surface area contributed by atoms with Crippen molar-refractivity contribution in [3.05, 3.63) is 17.7 Å². The number of hydrogen-bond donors (Lipinski definition) is 0. The van der Waals surface area contributed by atoms with E-state index in [9.17, 15) is 4.79 Å². The van der Waals surface area contributed by atoms with E-state index in [0.717, 1.165) is 6.29 Å². The molecule has 0 fully saturated rings. The highest BCUT2D eigenvalue weighted by Gasteiger charge is 2.14. The van der Waals surface area contributed by atoms with Crippen LogP contribution in [0.3, 0.4) is 0 Å². The first kappa shape index (κ1) is 16.3. The lowest BCUT2D eigenvalue weighted by molar-refractivity contribution is 0.0801. The fraction of sp³-hybridized carbons (Fsp3) is 0.533. The third-order valence-corrected chi connectivity index (χ3v) is 2.54. The molecule has 1 aromatic carbocycles. The molecule has 0 aliphatic heterocycles. The van der Waals surface area contributed by atoms with Gasteiger partial charge in [0.25, 0.3) is 0 Å². The molecule has 1 rings (SSSR count). The minimum absolute atomic E-state index is 0.389. The third-order valence-electron chi connectivity index (χ3n) is 2.54. The number of rotatable bonds is 9. The lowest BCUT2D eigenvalue weighted by atomic mass is 10.2. The van der Waals surface area contributed by atoms with Crippen molar-refractivity contribution in [1.82, 2.24) is 0 Å². The molecule has 0 atom stereocenters. The van der Waals surface area contributed by atoms with Crippen LogP contribution in [0.15, 0.2) is 12.1 Å². The van der Waals surface area contributed by atoms with Gasteiger partial charge in [-0.15, -0.1) is 0 Å². The summed E-state index contributed by atoms with van der Waals surface area (Å²) < 4.78 is 21.5. The predicted octanol–water partition coefficient (Wildman–Crippen LogP) is 2.57. The zero-order valence-corrected chi connectivity index (χ0v) is 12.5. The number of benzene rings is 1. The normalized spacial score (nSPS) is 10.4. The number of ether oxygens (including phenoxy) is 4. The highest BCUT2D eigenvalue weighted by atomic mass is 16.6. The summed E-state index contributed by atoms with van der Waals surface area (Å²) in [5.74, 6) is 1.91. The SMILES string of the molecule is COc1cc(C=O)cc(OC)c1OCCOCC(C)C. The maximum atomic E-state index is 10.8. The average molecular weight is 282 g/mol. The van der Waals surface area contributed by atoms with Crippen LogP contribution in [0.4, 0.5) is 0 Å². The van der Waals surface area contributed by atoms with Crippen LogP contribution < -0.4 is 14.2 Å². The first-order valence-electron chi connectivity index (χ1n) is 6.54. The van der Waals surface area contributed by atoms with E-state index in [2.05, 4.69) is 13.8 Å². The standard InChI is InChI=1S/C15H22O5/c1-11(2)10-19-5-6-20-15-13(17-3)7-12(9-16)8-14(15)18-4/h7-9,11H,5-6,10H2,1-4H3. The van der Waals surface area contributed by atoms with Crippen molar-refractivity contribution >= 4 is 6.29 Å². The molecule has 0 aromatic heterocycles. The zero-order chi connectivity index (χ0) is 15.0. The first-order valence-corrected chi connectivity index (χ1v) is 6.54. The number of hydrogen-bond acceptors (Lipinski definition) is 5. The molecule has 1 aromatic rings. The Labute approximate surface area is 119 Å². The molecule has 0 bridgehead atoms. The summed E-state index contributed by atoms with van der Waals surface area (Å²) in [5.41, 5.74) is 0.474. The van der Waals surface area contributed by atoms with Gasteiger partial charge in [0.2, 0.25) is 5.75 Å². The molecule has 0 aliphatic carbocycles. The van der Waals surface area contributed by atoms with Crippen LogP contribution in [0.25, 0.3) is 0 Å². The first-order chi connectivity index (χ1) is 9.62. The van der Waals surface area contributed by atoms with E-state index >= 15 is 0 Å². The minimum Gasteiger partial charge on any atom is -0.493 e. The largest absolute Gasteiger partial charge is 0.493 e. The fourth-order valence-electron chi connectivity index (χ4n) is 1.63. The Morgan fingerprint density at radius 1 is 1.10 bits per heavy atom. The smallest absolute Gasteiger partial charge is 0.203 e. The molecule has 0 unspecified atom stereocenters. The van der Waals surface area contributed by atoms with Crippen LogP contribution in [0.2, 0.25) is 0 Å². The van der Waals surface area contributed by atoms with Gasteiger partial charge in [-0.2, -0.15) is 0 Å². The van der Waals surface area contributed by atoms with Crippen LogP contribution in [0.1, 0.15) is 24.2 Å². The Hall–Kier alpha value is -1.75. The number of methoxy groups -OCH3 is 2. The van der Waals surface area contributed by atoms with E-state index in [0.29, 0.717) is 48.6 Å². The van der Waals surface area contributed by atoms with Gasteiger partial charge in [0.1, 0.15) is 12.9 Å². The quantitative estimate of drug-likeness (QED) is 0.514. The van der Waals surface area contributed by atoms with Gasteiger partial charge in [-0.25, -0.2) is 0 Å². The minimum atomic E-state index is 0.389. The number of carbonyl (C=O) groups is 1. The molecule has 5 nitrogen and oxygen atoms in total. The maximum Gasteiger partial charge on any atom is 0.203 e. The molecular weight excluding hydrogens is 260 g/mol. The van der Waals surface area contributed by atoms with Crippen molar-refractivity contribution in [2.24, 2.45) is 5.92 Å². The molecule has 0 aliphatic rings. The number of aldehydes is 1. The third kappa shape index (κ3) is 4.74. The summed E-state index contributed by atoms with van der Waals surface area (Å²) in [4.78, 5) is 10.8. The Morgan fingerprint density at radius 3 is 2.15 bits per heavy atom. The van der Waals surface area contributed by atoms with Crippen LogP contribution in [-0.2, 0) is 4.74 Å². The van der Waals surface area contributed by atoms with Gasteiger partial charge in [0, 0.05) is 12.2 Å². The lowest BCUT2D eigenvalue weighted by Gasteiger charge is -2.15. The van der Waals surface area contributed by atoms with Crippen LogP contribution in [0, 0.1) is 5.92 Å². The molecule has 0 spiro atoms. The average Bonchev–Trinajstić information content (AvgIpc) is 2.46. The summed E-state index contributed by atoms with van der Waals surface area (Å²) in [6.07, 6.45) is 0.737. The summed E-state index contributed by atoms with van der Waals surface area (Å²) >= 11 is 0. The van der Waals surface area contributed by atoms with E-state index in [4.69, 9.17) is 18.9 Å². The van der Waals surface area contributed by atoms with Crippen molar-refractivity contribution in [2.75, 3.05) is 34.0 Å². The molecule has 0 heterocycles. The van der Waals surface area contributed by atoms with Crippen molar-refractivity contribution in [3.8, 4) is 17.2 Å². The molecule has 0 radical (unpaired) electrons. The van der Waals surface area contributed by atoms with E-state index in [1.807, 2.05) is 0 Å². The predicted molar refractivity (Wildman–Crippen MR) is 76.1 cm³/mol. The van der Waals surface area contributed by atoms with E-state index < -0.39 is 0 Å². The van der Waals surface area contributed by atoms with Crippen molar-refractivity contribution < 1.29 is 23.7 Å². The van der Waals surface area contributed by atoms with Crippen LogP contribution in [-0.4, -0.2) is 40.3 Å². The molecule has 0 saturated carbocycles. The second-order valence-corrected chi connectivity index (χ2v) is 4.69. The van der Waals surface area contributed by atoms with Gasteiger partial charge in [-0.3, -0.25) is 4.79 Å². The summed E-state index contributed by atoms with van der Waals surface area (Å²) in [5, 5.41) is 0. The summed E-state index contributed by atoms with van der Waals surface area (Å²) in [6.45, 7) is 5.75. The monoisotopic (exact) mass is 282 g/mol. The fourth-order valence-corrected chi connectivity index (χ4v) is 1.63. The van der Waals surface area contributed by atoms with Crippen molar-refractivity contribution in [2.45, 2.75) is 13.8 Å². The molecule has 5 heteroatoms. The second kappa shape index (κ2) is 8.43. The topological polar surface area (TPSA) is 54.0 Å². The number of carbonyl (C=O) groups excluding carboxylic acids is 1. The van der Waals surface area contributed by atoms with Gasteiger partial charge in [-0.1, -0.05) is 13.8 Å². The second-order valence-electron chi connectivity index (χ2n) is 4.69. The molecule has 20 heavy (non-hydrogen) atoms. The molecule has 0 N–H and O–H groups in total. The maximum absolute atomic E-state index is 10.8. The van der Waals surface area contributed by atoms with Gasteiger partial charge in [0.15, 0.2) is 11.5 Å². The lowest BCUT2D eigenvalue weighted by Crippen LogP contribution is -2.11. The highest BCUT2D eigenvalue weighted by molar-refractivity contribution is 5.78. The highest BCUT2D eigenvalue weighted by Crippen LogP contribution is 2.38. The Balaban J connectivity index is 2.70. The Bertz CT molecular complexity index is 403. The molecule has 0 amide bonds. The van der Waals surface area contributed by atoms with Gasteiger partial charge >= 0.3 is 0 Å². The van der Waals surface area contributed by atoms with Gasteiger partial charge in [0.05, 0.1) is 20.8 Å². The zero-order valence-electron chi connectivity index (χ0n) is 12.5. The molecular formula is C15H22O5. The van der Waals surface area contributed by atoms with E-state index in [1.165, 1.54) is 14.2 Å². The van der Waals surface area contributed by atoms with E-state index in [1.54, 1.807) is 12.1 Å². The van der Waals surface area contributed by atoms with Crippen molar-refractivity contribution in [1.29, 1.82) is 0 Å². The van der Waals surface area contributed by atoms with Crippen LogP contribution >= 0.6 is 0 Å². The summed E-state index contributed by atoms with van der Waals surface area (Å²) in [7, 11) is 3.04.